The third kappa shape index (κ3) is 7.84. The molecule has 0 radical (unpaired) electrons. The van der Waals surface area contributed by atoms with Crippen LogP contribution in [0.2, 0.25) is 0 Å². The molecule has 0 aromatic heterocycles. The van der Waals surface area contributed by atoms with Crippen molar-refractivity contribution in [2.45, 2.75) is 71.1 Å². The summed E-state index contributed by atoms with van der Waals surface area (Å²) in [6.07, 6.45) is -5.52. The van der Waals surface area contributed by atoms with Crippen molar-refractivity contribution in [2.24, 2.45) is 5.16 Å². The van der Waals surface area contributed by atoms with Gasteiger partial charge < -0.3 is 28.9 Å². The summed E-state index contributed by atoms with van der Waals surface area (Å²) in [5.41, 5.74) is 1.05. The van der Waals surface area contributed by atoms with Crippen molar-refractivity contribution in [3.63, 3.8) is 0 Å². The fraction of sp³-hybridized carbons (Fsp3) is 0.522. The zero-order valence-corrected chi connectivity index (χ0v) is 19.5. The fourth-order valence-electron chi connectivity index (χ4n) is 3.66. The smallest absolute Gasteiger partial charge is 0.303 e. The Balaban J connectivity index is 2.44. The van der Waals surface area contributed by atoms with Crippen molar-refractivity contribution >= 4 is 29.6 Å². The van der Waals surface area contributed by atoms with Crippen molar-refractivity contribution in [3.05, 3.63) is 35.9 Å². The second-order valence-corrected chi connectivity index (χ2v) is 7.70. The molecule has 0 aliphatic carbocycles. The molecule has 1 heterocycles. The highest BCUT2D eigenvalue weighted by molar-refractivity contribution is 5.89. The van der Waals surface area contributed by atoms with Gasteiger partial charge in [-0.15, -0.1) is 0 Å². The Kier molecular flexibility index (Phi) is 9.99. The molecular formula is C23H29NO10. The summed E-state index contributed by atoms with van der Waals surface area (Å²) in [6.45, 7) is 4.25. The lowest BCUT2D eigenvalue weighted by atomic mass is 10.1. The minimum atomic E-state index is -1.32. The summed E-state index contributed by atoms with van der Waals surface area (Å²) in [4.78, 5) is 47.0. The number of rotatable bonds is 9. The molecule has 1 fully saturated rings. The highest BCUT2D eigenvalue weighted by atomic mass is 16.8. The Labute approximate surface area is 196 Å². The largest absolute Gasteiger partial charge is 0.463 e. The predicted molar refractivity (Wildman–Crippen MR) is 116 cm³/mol. The summed E-state index contributed by atoms with van der Waals surface area (Å²) >= 11 is 0. The number of oxime groups is 1. The fourth-order valence-corrected chi connectivity index (χ4v) is 3.66. The van der Waals surface area contributed by atoms with Crippen LogP contribution in [0.3, 0.4) is 0 Å². The van der Waals surface area contributed by atoms with E-state index < -0.39 is 54.4 Å². The van der Waals surface area contributed by atoms with Gasteiger partial charge in [-0.05, 0) is 18.4 Å². The first-order chi connectivity index (χ1) is 16.1. The third-order valence-corrected chi connectivity index (χ3v) is 4.96. The molecule has 0 bridgehead atoms. The Morgan fingerprint density at radius 2 is 1.41 bits per heavy atom. The van der Waals surface area contributed by atoms with Crippen LogP contribution in [0, 0.1) is 0 Å². The van der Waals surface area contributed by atoms with Crippen molar-refractivity contribution in [2.75, 3.05) is 6.61 Å². The molecule has 1 aromatic carbocycles. The van der Waals surface area contributed by atoms with E-state index in [0.29, 0.717) is 6.42 Å². The van der Waals surface area contributed by atoms with E-state index in [1.165, 1.54) is 6.92 Å². The molecule has 34 heavy (non-hydrogen) atoms. The van der Waals surface area contributed by atoms with Crippen molar-refractivity contribution in [1.82, 2.24) is 0 Å². The molecule has 1 saturated heterocycles. The number of aryl methyl sites for hydroxylation is 1. The van der Waals surface area contributed by atoms with Crippen LogP contribution in [0.15, 0.2) is 35.5 Å². The molecule has 1 aliphatic heterocycles. The van der Waals surface area contributed by atoms with Crippen LogP contribution in [0.25, 0.3) is 0 Å². The van der Waals surface area contributed by atoms with Gasteiger partial charge in [0.05, 0.1) is 5.71 Å². The zero-order chi connectivity index (χ0) is 25.3. The quantitative estimate of drug-likeness (QED) is 0.136. The van der Waals surface area contributed by atoms with Gasteiger partial charge in [0, 0.05) is 27.7 Å². The Morgan fingerprint density at radius 1 is 0.853 bits per heavy atom. The average molecular weight is 485 g/mol. The number of ether oxygens (including phenoxy) is 5. The molecule has 0 unspecified atom stereocenters. The number of esters is 4. The van der Waals surface area contributed by atoms with Gasteiger partial charge in [0.1, 0.15) is 18.8 Å². The topological polar surface area (TPSA) is 147 Å². The predicted octanol–water partition coefficient (Wildman–Crippen LogP) is 1.57. The summed E-state index contributed by atoms with van der Waals surface area (Å²) in [6, 6.07) is 9.37. The molecule has 2 rings (SSSR count). The van der Waals surface area contributed by atoms with Crippen LogP contribution in [0.4, 0.5) is 0 Å². The second-order valence-electron chi connectivity index (χ2n) is 7.70. The minimum Gasteiger partial charge on any atom is -0.463 e. The summed E-state index contributed by atoms with van der Waals surface area (Å²) in [7, 11) is 0. The van der Waals surface area contributed by atoms with E-state index in [4.69, 9.17) is 23.7 Å². The molecule has 11 nitrogen and oxygen atoms in total. The number of hydrogen-bond donors (Lipinski definition) is 1. The Hall–Kier alpha value is -3.47. The van der Waals surface area contributed by atoms with Gasteiger partial charge in [-0.25, -0.2) is 0 Å². The minimum absolute atomic E-state index is 0.0985. The van der Waals surface area contributed by atoms with Crippen LogP contribution in [-0.4, -0.2) is 71.9 Å². The third-order valence-electron chi connectivity index (χ3n) is 4.96. The van der Waals surface area contributed by atoms with Gasteiger partial charge in [-0.3, -0.25) is 19.2 Å². The maximum absolute atomic E-state index is 11.9. The first-order valence-corrected chi connectivity index (χ1v) is 10.7. The highest BCUT2D eigenvalue weighted by Crippen LogP contribution is 2.31. The highest BCUT2D eigenvalue weighted by Gasteiger charge is 2.53. The number of carbonyl (C=O) groups excluding carboxylic acids is 4. The van der Waals surface area contributed by atoms with Crippen LogP contribution in [0.1, 0.15) is 39.7 Å². The molecule has 0 saturated carbocycles. The van der Waals surface area contributed by atoms with E-state index in [2.05, 4.69) is 5.16 Å². The summed E-state index contributed by atoms with van der Waals surface area (Å²) in [5, 5.41) is 13.1. The number of benzene rings is 1. The lowest BCUT2D eigenvalue weighted by molar-refractivity contribution is -0.241. The van der Waals surface area contributed by atoms with Gasteiger partial charge >= 0.3 is 23.9 Å². The lowest BCUT2D eigenvalue weighted by Crippen LogP contribution is -2.64. The second kappa shape index (κ2) is 12.7. The lowest BCUT2D eigenvalue weighted by Gasteiger charge is -2.44. The van der Waals surface area contributed by atoms with Gasteiger partial charge in [-0.2, -0.15) is 0 Å². The van der Waals surface area contributed by atoms with Crippen molar-refractivity contribution < 1.29 is 48.1 Å². The van der Waals surface area contributed by atoms with E-state index in [-0.39, 0.29) is 18.7 Å². The van der Waals surface area contributed by atoms with Crippen LogP contribution >= 0.6 is 0 Å². The molecule has 0 spiro atoms. The van der Waals surface area contributed by atoms with E-state index in [1.807, 2.05) is 30.3 Å². The monoisotopic (exact) mass is 485 g/mol. The number of carbonyl (C=O) groups is 4. The molecule has 5 atom stereocenters. The molecule has 1 aromatic rings. The summed E-state index contributed by atoms with van der Waals surface area (Å²) in [5.74, 6) is -2.80. The van der Waals surface area contributed by atoms with E-state index in [0.717, 1.165) is 26.3 Å². The standard InChI is InChI=1S/C23H29NO10/c1-13(25)30-12-19-21(31-14(2)26)23(33-16(4)28)22(32-15(3)27)20(34-19)18(24-29)11-10-17-8-6-5-7-9-17/h5-9,19-23,29H,10-12H2,1-4H3/b24-18-/t19-,20+,21-,22+,23+/m1/s1/i12+1,19+1,20+1,21+1,22+1,23+1. The van der Waals surface area contributed by atoms with Crippen molar-refractivity contribution in [3.8, 4) is 0 Å². The Bertz CT molecular complexity index is 900. The Morgan fingerprint density at radius 3 is 1.94 bits per heavy atom. The van der Waals surface area contributed by atoms with Crippen LogP contribution in [0.5, 0.6) is 0 Å². The number of nitrogens with zero attached hydrogens (tertiary/aromatic N) is 1. The van der Waals surface area contributed by atoms with Crippen LogP contribution in [-0.2, 0) is 49.3 Å². The first-order valence-electron chi connectivity index (χ1n) is 10.7. The van der Waals surface area contributed by atoms with Gasteiger partial charge in [0.25, 0.3) is 0 Å². The maximum Gasteiger partial charge on any atom is 0.303 e. The molecular weight excluding hydrogens is 456 g/mol. The molecule has 1 aliphatic rings. The maximum atomic E-state index is 11.9. The van der Waals surface area contributed by atoms with E-state index >= 15 is 0 Å². The van der Waals surface area contributed by atoms with E-state index in [9.17, 15) is 24.4 Å². The average Bonchev–Trinajstić information content (AvgIpc) is 2.76. The number of hydrogen-bond acceptors (Lipinski definition) is 11. The molecule has 186 valence electrons. The summed E-state index contributed by atoms with van der Waals surface area (Å²) < 4.78 is 27.2. The van der Waals surface area contributed by atoms with Gasteiger partial charge in [0.2, 0.25) is 0 Å². The normalized spacial score (nSPS) is 24.6. The van der Waals surface area contributed by atoms with Crippen molar-refractivity contribution in [1.29, 1.82) is 0 Å². The van der Waals surface area contributed by atoms with E-state index in [1.54, 1.807) is 0 Å². The first kappa shape index (κ1) is 26.8. The molecule has 0 amide bonds. The van der Waals surface area contributed by atoms with Crippen LogP contribution < -0.4 is 0 Å². The van der Waals surface area contributed by atoms with Gasteiger partial charge in [0.15, 0.2) is 18.3 Å². The molecule has 1 N–H and O–H groups in total. The SMILES string of the molecule is CC(=O)O[13CH2][13C@H]1O[13C@@H](/C(CCc2ccccc2)=N\O)[13C@H](OC(C)=O)[13C@@H](OC(C)=O)[13C@@H]1OC(C)=O. The zero-order valence-electron chi connectivity index (χ0n) is 19.5. The molecule has 11 heteroatoms. The van der Waals surface area contributed by atoms with Gasteiger partial charge in [-0.1, -0.05) is 35.5 Å².